The second kappa shape index (κ2) is 7.88. The molecule has 1 aromatic carbocycles. The molecule has 4 heteroatoms. The third kappa shape index (κ3) is 3.97. The minimum Gasteiger partial charge on any atom is -0.462 e. The molecule has 1 aromatic rings. The zero-order valence-electron chi connectivity index (χ0n) is 17.2. The van der Waals surface area contributed by atoms with Gasteiger partial charge in [-0.25, -0.2) is 4.79 Å². The van der Waals surface area contributed by atoms with Crippen LogP contribution in [0.15, 0.2) is 24.3 Å². The number of rotatable bonds is 7. The van der Waals surface area contributed by atoms with Crippen LogP contribution in [-0.4, -0.2) is 25.0 Å². The van der Waals surface area contributed by atoms with Gasteiger partial charge in [0, 0.05) is 12.0 Å². The van der Waals surface area contributed by atoms with Crippen molar-refractivity contribution in [1.29, 1.82) is 0 Å². The minimum atomic E-state index is -0.273. The Balaban J connectivity index is 1.28. The van der Waals surface area contributed by atoms with Crippen LogP contribution in [0.1, 0.15) is 68.3 Å². The molecule has 0 spiro atoms. The van der Waals surface area contributed by atoms with E-state index in [9.17, 15) is 9.59 Å². The molecule has 0 aliphatic heterocycles. The molecule has 28 heavy (non-hydrogen) atoms. The molecule has 1 N–H and O–H groups in total. The molecule has 4 nitrogen and oxygen atoms in total. The summed E-state index contributed by atoms with van der Waals surface area (Å²) in [5, 5.41) is 3.29. The minimum absolute atomic E-state index is 0.0598. The van der Waals surface area contributed by atoms with E-state index in [1.54, 1.807) is 0 Å². The number of hydrogen-bond acceptors (Lipinski definition) is 3. The molecule has 1 atom stereocenters. The Bertz CT molecular complexity index is 689. The Morgan fingerprint density at radius 2 is 1.64 bits per heavy atom. The first kappa shape index (κ1) is 19.5. The molecule has 4 saturated carbocycles. The molecule has 152 valence electrons. The number of esters is 1. The fourth-order valence-electron chi connectivity index (χ4n) is 6.31. The summed E-state index contributed by atoms with van der Waals surface area (Å²) in [4.78, 5) is 24.8. The van der Waals surface area contributed by atoms with E-state index < -0.39 is 0 Å². The molecule has 0 saturated heterocycles. The second-order valence-corrected chi connectivity index (χ2v) is 9.63. The van der Waals surface area contributed by atoms with Gasteiger partial charge >= 0.3 is 5.97 Å². The first-order chi connectivity index (χ1) is 13.5. The third-order valence-electron chi connectivity index (χ3n) is 7.18. The van der Waals surface area contributed by atoms with Crippen molar-refractivity contribution in [2.24, 2.45) is 29.1 Å². The second-order valence-electron chi connectivity index (χ2n) is 9.63. The highest BCUT2D eigenvalue weighted by molar-refractivity contribution is 5.89. The number of carbonyl (C=O) groups excluding carboxylic acids is 2. The van der Waals surface area contributed by atoms with Crippen molar-refractivity contribution in [3.63, 3.8) is 0 Å². The highest BCUT2D eigenvalue weighted by Crippen LogP contribution is 2.60. The molecule has 5 rings (SSSR count). The largest absolute Gasteiger partial charge is 0.462 e. The highest BCUT2D eigenvalue weighted by atomic mass is 16.5. The predicted molar refractivity (Wildman–Crippen MR) is 109 cm³/mol. The first-order valence-corrected chi connectivity index (χ1v) is 11.0. The van der Waals surface area contributed by atoms with Gasteiger partial charge < -0.3 is 10.1 Å². The van der Waals surface area contributed by atoms with E-state index in [1.165, 1.54) is 24.8 Å². The molecular weight excluding hydrogens is 350 g/mol. The number of ether oxygens (including phenoxy) is 1. The van der Waals surface area contributed by atoms with E-state index in [2.05, 4.69) is 12.2 Å². The van der Waals surface area contributed by atoms with Crippen molar-refractivity contribution in [3.8, 4) is 0 Å². The highest BCUT2D eigenvalue weighted by Gasteiger charge is 2.54. The number of carbonyl (C=O) groups is 2. The van der Waals surface area contributed by atoms with E-state index in [4.69, 9.17) is 4.74 Å². The fourth-order valence-corrected chi connectivity index (χ4v) is 6.31. The summed E-state index contributed by atoms with van der Waals surface area (Å²) in [7, 11) is 0. The van der Waals surface area contributed by atoms with Crippen molar-refractivity contribution in [1.82, 2.24) is 5.32 Å². The topological polar surface area (TPSA) is 55.4 Å². The lowest BCUT2D eigenvalue weighted by Crippen LogP contribution is -2.54. The maximum atomic E-state index is 13.1. The summed E-state index contributed by atoms with van der Waals surface area (Å²) in [5.74, 6) is 2.80. The smallest absolute Gasteiger partial charge is 0.338 e. The van der Waals surface area contributed by atoms with Crippen molar-refractivity contribution in [3.05, 3.63) is 35.4 Å². The number of nitrogens with one attached hydrogen (secondary N) is 1. The summed E-state index contributed by atoms with van der Waals surface area (Å²) in [6.07, 6.45) is 8.35. The van der Waals surface area contributed by atoms with Crippen LogP contribution in [0.2, 0.25) is 0 Å². The average Bonchev–Trinajstić information content (AvgIpc) is 2.66. The molecule has 4 fully saturated rings. The van der Waals surface area contributed by atoms with E-state index in [1.807, 2.05) is 31.2 Å². The van der Waals surface area contributed by atoms with E-state index in [0.29, 0.717) is 24.0 Å². The van der Waals surface area contributed by atoms with Gasteiger partial charge in [-0.3, -0.25) is 4.79 Å². The Labute approximate surface area is 168 Å². The molecule has 0 heterocycles. The maximum Gasteiger partial charge on any atom is 0.338 e. The van der Waals surface area contributed by atoms with Crippen LogP contribution in [0.5, 0.6) is 0 Å². The van der Waals surface area contributed by atoms with Gasteiger partial charge in [0.15, 0.2) is 0 Å². The Kier molecular flexibility index (Phi) is 5.48. The lowest BCUT2D eigenvalue weighted by atomic mass is 9.49. The normalized spacial score (nSPS) is 31.4. The SMILES string of the molecule is CCOC(=O)c1ccc(CC(C)CNC(=O)C23CC4CC(CC(C4)C2)C3)cc1. The summed E-state index contributed by atoms with van der Waals surface area (Å²) in [6.45, 7) is 5.10. The van der Waals surface area contributed by atoms with Crippen molar-refractivity contribution in [2.45, 2.75) is 58.8 Å². The predicted octanol–water partition coefficient (Wildman–Crippen LogP) is 4.37. The first-order valence-electron chi connectivity index (χ1n) is 11.0. The molecular formula is C24H33NO3. The third-order valence-corrected chi connectivity index (χ3v) is 7.18. The quantitative estimate of drug-likeness (QED) is 0.711. The lowest BCUT2D eigenvalue weighted by molar-refractivity contribution is -0.146. The fraction of sp³-hybridized carbons (Fsp3) is 0.667. The number of amides is 1. The monoisotopic (exact) mass is 383 g/mol. The summed E-state index contributed by atoms with van der Waals surface area (Å²) in [5.41, 5.74) is 1.72. The lowest BCUT2D eigenvalue weighted by Gasteiger charge is -2.55. The van der Waals surface area contributed by atoms with Crippen LogP contribution < -0.4 is 5.32 Å². The standard InChI is InChI=1S/C24H33NO3/c1-3-28-22(26)21-6-4-17(5-7-21)8-16(2)15-25-23(27)24-12-18-9-19(13-24)11-20(10-18)14-24/h4-7,16,18-20H,3,8-15H2,1-2H3,(H,25,27). The molecule has 1 unspecified atom stereocenters. The van der Waals surface area contributed by atoms with Gasteiger partial charge in [0.05, 0.1) is 12.2 Å². The van der Waals surface area contributed by atoms with E-state index in [-0.39, 0.29) is 11.4 Å². The van der Waals surface area contributed by atoms with Crippen LogP contribution in [0.3, 0.4) is 0 Å². The van der Waals surface area contributed by atoms with Crippen LogP contribution in [0.4, 0.5) is 0 Å². The van der Waals surface area contributed by atoms with Crippen LogP contribution in [-0.2, 0) is 16.0 Å². The van der Waals surface area contributed by atoms with Crippen molar-refractivity contribution >= 4 is 11.9 Å². The Morgan fingerprint density at radius 3 is 2.18 bits per heavy atom. The summed E-state index contributed by atoms with van der Waals surface area (Å²) < 4.78 is 5.03. The molecule has 0 radical (unpaired) electrons. The average molecular weight is 384 g/mol. The van der Waals surface area contributed by atoms with Crippen LogP contribution in [0.25, 0.3) is 0 Å². The van der Waals surface area contributed by atoms with Gasteiger partial charge in [-0.05, 0) is 93.2 Å². The maximum absolute atomic E-state index is 13.1. The van der Waals surface area contributed by atoms with Gasteiger partial charge in [0.2, 0.25) is 5.91 Å². The van der Waals surface area contributed by atoms with Gasteiger partial charge in [-0.2, -0.15) is 0 Å². The van der Waals surface area contributed by atoms with Crippen LogP contribution >= 0.6 is 0 Å². The van der Waals surface area contributed by atoms with Gasteiger partial charge in [-0.1, -0.05) is 19.1 Å². The summed E-state index contributed by atoms with van der Waals surface area (Å²) >= 11 is 0. The van der Waals surface area contributed by atoms with E-state index >= 15 is 0 Å². The molecule has 1 amide bonds. The van der Waals surface area contributed by atoms with Crippen LogP contribution in [0, 0.1) is 29.1 Å². The van der Waals surface area contributed by atoms with Crippen molar-refractivity contribution < 1.29 is 14.3 Å². The zero-order valence-corrected chi connectivity index (χ0v) is 17.2. The summed E-state index contributed by atoms with van der Waals surface area (Å²) in [6, 6.07) is 7.63. The molecule has 4 aliphatic carbocycles. The van der Waals surface area contributed by atoms with E-state index in [0.717, 1.165) is 50.0 Å². The van der Waals surface area contributed by atoms with Gasteiger partial charge in [0.1, 0.15) is 0 Å². The molecule has 4 bridgehead atoms. The zero-order chi connectivity index (χ0) is 19.7. The number of benzene rings is 1. The van der Waals surface area contributed by atoms with Gasteiger partial charge in [-0.15, -0.1) is 0 Å². The molecule has 4 aliphatic rings. The Morgan fingerprint density at radius 1 is 1.07 bits per heavy atom. The van der Waals surface area contributed by atoms with Gasteiger partial charge in [0.25, 0.3) is 0 Å². The van der Waals surface area contributed by atoms with Crippen molar-refractivity contribution in [2.75, 3.05) is 13.2 Å². The Hall–Kier alpha value is -1.84. The molecule has 0 aromatic heterocycles. The number of hydrogen-bond donors (Lipinski definition) is 1.